The highest BCUT2D eigenvalue weighted by Gasteiger charge is 2.29. The molecule has 1 aromatic carbocycles. The fourth-order valence-electron chi connectivity index (χ4n) is 4.19. The lowest BCUT2D eigenvalue weighted by Gasteiger charge is -2.36. The minimum absolute atomic E-state index is 0.199. The largest absolute Gasteiger partial charge is 0.378 e. The maximum Gasteiger partial charge on any atom is 0.227 e. The predicted molar refractivity (Wildman–Crippen MR) is 100 cm³/mol. The van der Waals surface area contributed by atoms with Gasteiger partial charge in [0.25, 0.3) is 0 Å². The number of amides is 1. The summed E-state index contributed by atoms with van der Waals surface area (Å²) in [4.78, 5) is 16.1. The summed E-state index contributed by atoms with van der Waals surface area (Å²) in [7, 11) is 1.86. The molecule has 1 unspecified atom stereocenters. The number of aryl methyl sites for hydroxylation is 3. The van der Waals surface area contributed by atoms with Gasteiger partial charge in [0.2, 0.25) is 5.91 Å². The number of hydrogen-bond donors (Lipinski definition) is 1. The summed E-state index contributed by atoms with van der Waals surface area (Å²) in [6, 6.07) is 6.73. The van der Waals surface area contributed by atoms with Gasteiger partial charge in [0.05, 0.1) is 24.9 Å². The lowest BCUT2D eigenvalue weighted by molar-refractivity contribution is -0.118. The monoisotopic (exact) mass is 354 g/mol. The maximum absolute atomic E-state index is 11.9. The Morgan fingerprint density at radius 2 is 2.15 bits per heavy atom. The summed E-state index contributed by atoms with van der Waals surface area (Å²) in [5.41, 5.74) is 7.03. The number of morpholine rings is 1. The summed E-state index contributed by atoms with van der Waals surface area (Å²) in [6.07, 6.45) is 1.43. The average Bonchev–Trinajstić information content (AvgIpc) is 2.97. The Hall–Kier alpha value is -2.18. The Labute approximate surface area is 154 Å². The second kappa shape index (κ2) is 6.85. The smallest absolute Gasteiger partial charge is 0.227 e. The van der Waals surface area contributed by atoms with E-state index in [4.69, 9.17) is 4.74 Å². The van der Waals surface area contributed by atoms with Crippen molar-refractivity contribution in [1.82, 2.24) is 15.1 Å². The SMILES string of the molecule is Cc1n[nH]c(C)c1C1COCCN1Cc1ccc2c(c1)CCC(=O)N2C. The standard InChI is InChI=1S/C20H26N4O2/c1-13-20(14(2)22-21-13)18-12-26-9-8-24(18)11-15-4-6-17-16(10-15)5-7-19(25)23(17)3/h4,6,10,18H,5,7-9,11-12H2,1-3H3,(H,21,22). The molecule has 0 radical (unpaired) electrons. The Balaban J connectivity index is 1.58. The van der Waals surface area contributed by atoms with Gasteiger partial charge in [0.1, 0.15) is 0 Å². The molecule has 138 valence electrons. The fraction of sp³-hybridized carbons (Fsp3) is 0.500. The quantitative estimate of drug-likeness (QED) is 0.920. The van der Waals surface area contributed by atoms with Crippen molar-refractivity contribution in [2.24, 2.45) is 0 Å². The third kappa shape index (κ3) is 3.04. The fourth-order valence-corrected chi connectivity index (χ4v) is 4.19. The summed E-state index contributed by atoms with van der Waals surface area (Å²) < 4.78 is 5.77. The highest BCUT2D eigenvalue weighted by atomic mass is 16.5. The topological polar surface area (TPSA) is 61.5 Å². The average molecular weight is 354 g/mol. The van der Waals surface area contributed by atoms with Crippen LogP contribution in [0.5, 0.6) is 0 Å². The molecule has 1 atom stereocenters. The lowest BCUT2D eigenvalue weighted by Crippen LogP contribution is -2.39. The first-order valence-electron chi connectivity index (χ1n) is 9.26. The van der Waals surface area contributed by atoms with Gasteiger partial charge in [-0.2, -0.15) is 5.10 Å². The van der Waals surface area contributed by atoms with Crippen molar-refractivity contribution in [1.29, 1.82) is 0 Å². The zero-order chi connectivity index (χ0) is 18.3. The summed E-state index contributed by atoms with van der Waals surface area (Å²) in [5.74, 6) is 0.199. The van der Waals surface area contributed by atoms with Crippen molar-refractivity contribution < 1.29 is 9.53 Å². The molecule has 2 aliphatic rings. The third-order valence-electron chi connectivity index (χ3n) is 5.63. The number of rotatable bonds is 3. The summed E-state index contributed by atoms with van der Waals surface area (Å²) in [6.45, 7) is 7.37. The normalized spacial score (nSPS) is 21.1. The molecule has 0 saturated carbocycles. The Morgan fingerprint density at radius 1 is 1.31 bits per heavy atom. The number of H-pyrrole nitrogens is 1. The van der Waals surface area contributed by atoms with Gasteiger partial charge >= 0.3 is 0 Å². The van der Waals surface area contributed by atoms with Gasteiger partial charge in [-0.05, 0) is 37.5 Å². The molecule has 1 fully saturated rings. The Kier molecular flexibility index (Phi) is 4.54. The molecule has 4 rings (SSSR count). The number of ether oxygens (including phenoxy) is 1. The zero-order valence-electron chi connectivity index (χ0n) is 15.7. The molecule has 6 heteroatoms. The molecule has 1 amide bonds. The van der Waals surface area contributed by atoms with Gasteiger partial charge in [-0.1, -0.05) is 12.1 Å². The van der Waals surface area contributed by atoms with Crippen LogP contribution in [0, 0.1) is 13.8 Å². The molecule has 26 heavy (non-hydrogen) atoms. The van der Waals surface area contributed by atoms with Crippen LogP contribution in [0.2, 0.25) is 0 Å². The van der Waals surface area contributed by atoms with E-state index < -0.39 is 0 Å². The lowest BCUT2D eigenvalue weighted by atomic mass is 9.98. The van der Waals surface area contributed by atoms with Crippen molar-refractivity contribution in [2.45, 2.75) is 39.3 Å². The van der Waals surface area contributed by atoms with E-state index in [1.54, 1.807) is 4.90 Å². The number of anilines is 1. The van der Waals surface area contributed by atoms with Crippen LogP contribution < -0.4 is 4.90 Å². The minimum Gasteiger partial charge on any atom is -0.378 e. The number of aromatic amines is 1. The van der Waals surface area contributed by atoms with Gasteiger partial charge in [-0.25, -0.2) is 0 Å². The predicted octanol–water partition coefficient (Wildman–Crippen LogP) is 2.51. The molecule has 6 nitrogen and oxygen atoms in total. The molecule has 1 aromatic heterocycles. The Bertz CT molecular complexity index is 810. The number of nitrogens with one attached hydrogen (secondary N) is 1. The molecular formula is C20H26N4O2. The van der Waals surface area contributed by atoms with Crippen LogP contribution in [-0.2, 0) is 22.5 Å². The van der Waals surface area contributed by atoms with E-state index in [9.17, 15) is 4.79 Å². The molecule has 0 spiro atoms. The highest BCUT2D eigenvalue weighted by Crippen LogP contribution is 2.32. The molecule has 2 aromatic rings. The molecule has 1 N–H and O–H groups in total. The first-order chi connectivity index (χ1) is 12.5. The van der Waals surface area contributed by atoms with Gasteiger partial charge in [-0.15, -0.1) is 0 Å². The van der Waals surface area contributed by atoms with Crippen LogP contribution >= 0.6 is 0 Å². The second-order valence-corrected chi connectivity index (χ2v) is 7.32. The van der Waals surface area contributed by atoms with E-state index in [1.807, 2.05) is 7.05 Å². The molecule has 0 bridgehead atoms. The van der Waals surface area contributed by atoms with Crippen LogP contribution in [-0.4, -0.2) is 47.8 Å². The molecule has 1 saturated heterocycles. The molecular weight excluding hydrogens is 328 g/mol. The molecule has 3 heterocycles. The zero-order valence-corrected chi connectivity index (χ0v) is 15.7. The number of carbonyl (C=O) groups excluding carboxylic acids is 1. The van der Waals surface area contributed by atoms with E-state index in [2.05, 4.69) is 47.1 Å². The van der Waals surface area contributed by atoms with Crippen LogP contribution in [0.25, 0.3) is 0 Å². The number of nitrogens with zero attached hydrogens (tertiary/aromatic N) is 3. The maximum atomic E-state index is 11.9. The molecule has 2 aliphatic heterocycles. The van der Waals surface area contributed by atoms with E-state index in [0.29, 0.717) is 13.0 Å². The van der Waals surface area contributed by atoms with Crippen molar-refractivity contribution >= 4 is 11.6 Å². The van der Waals surface area contributed by atoms with Crippen molar-refractivity contribution in [2.75, 3.05) is 31.7 Å². The summed E-state index contributed by atoms with van der Waals surface area (Å²) in [5, 5.41) is 7.46. The van der Waals surface area contributed by atoms with Crippen LogP contribution in [0.3, 0.4) is 0 Å². The minimum atomic E-state index is 0.199. The summed E-state index contributed by atoms with van der Waals surface area (Å²) >= 11 is 0. The van der Waals surface area contributed by atoms with E-state index >= 15 is 0 Å². The van der Waals surface area contributed by atoms with Gasteiger partial charge < -0.3 is 9.64 Å². The number of benzene rings is 1. The molecule has 0 aliphatic carbocycles. The van der Waals surface area contributed by atoms with E-state index in [-0.39, 0.29) is 11.9 Å². The van der Waals surface area contributed by atoms with Crippen molar-refractivity contribution in [3.63, 3.8) is 0 Å². The van der Waals surface area contributed by atoms with Crippen molar-refractivity contribution in [3.05, 3.63) is 46.3 Å². The highest BCUT2D eigenvalue weighted by molar-refractivity contribution is 5.95. The third-order valence-corrected chi connectivity index (χ3v) is 5.63. The van der Waals surface area contributed by atoms with Crippen LogP contribution in [0.4, 0.5) is 5.69 Å². The number of fused-ring (bicyclic) bond motifs is 1. The number of aromatic nitrogens is 2. The van der Waals surface area contributed by atoms with E-state index in [0.717, 1.165) is 43.2 Å². The first kappa shape index (κ1) is 17.2. The van der Waals surface area contributed by atoms with Gasteiger partial charge in [0.15, 0.2) is 0 Å². The second-order valence-electron chi connectivity index (χ2n) is 7.32. The van der Waals surface area contributed by atoms with Crippen LogP contribution in [0.1, 0.15) is 40.5 Å². The van der Waals surface area contributed by atoms with Gasteiger partial charge in [0, 0.05) is 43.5 Å². The van der Waals surface area contributed by atoms with Crippen molar-refractivity contribution in [3.8, 4) is 0 Å². The van der Waals surface area contributed by atoms with E-state index in [1.165, 1.54) is 16.7 Å². The first-order valence-corrected chi connectivity index (χ1v) is 9.26. The van der Waals surface area contributed by atoms with Gasteiger partial charge in [-0.3, -0.25) is 14.8 Å². The number of carbonyl (C=O) groups is 1. The number of hydrogen-bond acceptors (Lipinski definition) is 4. The Morgan fingerprint density at radius 3 is 2.92 bits per heavy atom. The van der Waals surface area contributed by atoms with Crippen LogP contribution in [0.15, 0.2) is 18.2 Å².